The maximum atomic E-state index is 5.67. The number of thioether (sulfide) groups is 2. The van der Waals surface area contributed by atoms with E-state index in [0.29, 0.717) is 0 Å². The van der Waals surface area contributed by atoms with Gasteiger partial charge in [0.25, 0.3) is 0 Å². The number of hydrogen-bond acceptors (Lipinski definition) is 4. The highest BCUT2D eigenvalue weighted by Crippen LogP contribution is 2.29. The Kier molecular flexibility index (Phi) is 6.97. The molecule has 1 fully saturated rings. The van der Waals surface area contributed by atoms with E-state index >= 15 is 0 Å². The van der Waals surface area contributed by atoms with Gasteiger partial charge in [0.05, 0.1) is 13.2 Å². The van der Waals surface area contributed by atoms with Crippen LogP contribution >= 0.6 is 23.5 Å². The molecule has 1 heterocycles. The number of fused-ring (bicyclic) bond motifs is 2. The van der Waals surface area contributed by atoms with E-state index in [1.54, 1.807) is 0 Å². The molecule has 0 radical (unpaired) electrons. The SMILES string of the molecule is c1ccc2c(CN3CCSCCOCCSCC3)c3ccccc3cc2c1. The maximum Gasteiger partial charge on any atom is 0.0557 e. The molecule has 3 aromatic rings. The van der Waals surface area contributed by atoms with E-state index < -0.39 is 0 Å². The molecule has 0 amide bonds. The lowest BCUT2D eigenvalue weighted by molar-refractivity contribution is 0.167. The monoisotopic (exact) mass is 397 g/mol. The molecule has 0 saturated carbocycles. The van der Waals surface area contributed by atoms with Gasteiger partial charge in [0.2, 0.25) is 0 Å². The summed E-state index contributed by atoms with van der Waals surface area (Å²) in [6.07, 6.45) is 0. The zero-order valence-electron chi connectivity index (χ0n) is 15.7. The van der Waals surface area contributed by atoms with Gasteiger partial charge in [0, 0.05) is 42.6 Å². The minimum absolute atomic E-state index is 0.888. The van der Waals surface area contributed by atoms with Gasteiger partial charge in [-0.25, -0.2) is 0 Å². The van der Waals surface area contributed by atoms with Crippen LogP contribution in [0, 0.1) is 0 Å². The third-order valence-electron chi connectivity index (χ3n) is 5.11. The normalized spacial score (nSPS) is 18.2. The lowest BCUT2D eigenvalue weighted by Gasteiger charge is -2.24. The van der Waals surface area contributed by atoms with Gasteiger partial charge in [-0.15, -0.1) is 0 Å². The van der Waals surface area contributed by atoms with Crippen LogP contribution in [0.15, 0.2) is 54.6 Å². The van der Waals surface area contributed by atoms with Crippen LogP contribution in [0.5, 0.6) is 0 Å². The van der Waals surface area contributed by atoms with E-state index in [1.807, 2.05) is 23.5 Å². The van der Waals surface area contributed by atoms with Gasteiger partial charge >= 0.3 is 0 Å². The van der Waals surface area contributed by atoms with E-state index in [4.69, 9.17) is 4.74 Å². The molecular formula is C23H27NOS2. The Morgan fingerprint density at radius 2 is 1.30 bits per heavy atom. The van der Waals surface area contributed by atoms with Crippen LogP contribution in [0.25, 0.3) is 21.5 Å². The molecule has 0 N–H and O–H groups in total. The zero-order chi connectivity index (χ0) is 18.3. The number of nitrogens with zero attached hydrogens (tertiary/aromatic N) is 1. The summed E-state index contributed by atoms with van der Waals surface area (Å²) in [5.41, 5.74) is 1.48. The van der Waals surface area contributed by atoms with Crippen molar-refractivity contribution in [2.24, 2.45) is 0 Å². The highest BCUT2D eigenvalue weighted by atomic mass is 32.2. The molecule has 1 saturated heterocycles. The molecule has 0 bridgehead atoms. The van der Waals surface area contributed by atoms with Gasteiger partial charge in [0.1, 0.15) is 0 Å². The van der Waals surface area contributed by atoms with E-state index in [0.717, 1.165) is 44.4 Å². The molecule has 0 aliphatic carbocycles. The summed E-state index contributed by atoms with van der Waals surface area (Å²) in [6.45, 7) is 5.09. The van der Waals surface area contributed by atoms with Gasteiger partial charge in [-0.05, 0) is 33.2 Å². The third kappa shape index (κ3) is 5.00. The molecule has 0 spiro atoms. The first-order valence-corrected chi connectivity index (χ1v) is 12.1. The summed E-state index contributed by atoms with van der Waals surface area (Å²) < 4.78 is 5.67. The van der Waals surface area contributed by atoms with Crippen LogP contribution in [-0.2, 0) is 11.3 Å². The average molecular weight is 398 g/mol. The standard InChI is InChI=1S/C23H27NOS2/c1-3-7-21-19(5-1)17-20-6-2-4-8-22(20)23(21)18-24-9-13-26-15-11-25-12-16-27-14-10-24/h1-8,17H,9-16,18H2. The summed E-state index contributed by atoms with van der Waals surface area (Å²) >= 11 is 4.03. The molecule has 4 rings (SSSR count). The fourth-order valence-corrected chi connectivity index (χ4v) is 5.36. The van der Waals surface area contributed by atoms with Gasteiger partial charge < -0.3 is 4.74 Å². The van der Waals surface area contributed by atoms with Crippen LogP contribution in [-0.4, -0.2) is 54.2 Å². The molecule has 4 heteroatoms. The van der Waals surface area contributed by atoms with Gasteiger partial charge in [-0.3, -0.25) is 4.90 Å². The highest BCUT2D eigenvalue weighted by Gasteiger charge is 2.13. The quantitative estimate of drug-likeness (QED) is 0.544. The number of rotatable bonds is 2. The van der Waals surface area contributed by atoms with Crippen LogP contribution in [0.2, 0.25) is 0 Å². The summed E-state index contributed by atoms with van der Waals surface area (Å²) in [5.74, 6) is 4.57. The van der Waals surface area contributed by atoms with Crippen molar-refractivity contribution in [2.75, 3.05) is 49.3 Å². The predicted octanol–water partition coefficient (Wildman–Crippen LogP) is 5.29. The van der Waals surface area contributed by atoms with Crippen LogP contribution < -0.4 is 0 Å². The molecule has 3 aromatic carbocycles. The Labute approximate surface area is 170 Å². The largest absolute Gasteiger partial charge is 0.380 e. The van der Waals surface area contributed by atoms with Crippen molar-refractivity contribution in [2.45, 2.75) is 6.54 Å². The van der Waals surface area contributed by atoms with Gasteiger partial charge in [0.15, 0.2) is 0 Å². The fourth-order valence-electron chi connectivity index (χ4n) is 3.70. The molecule has 1 aliphatic heterocycles. The van der Waals surface area contributed by atoms with Crippen molar-refractivity contribution in [1.29, 1.82) is 0 Å². The van der Waals surface area contributed by atoms with Crippen molar-refractivity contribution in [1.82, 2.24) is 4.90 Å². The van der Waals surface area contributed by atoms with Crippen LogP contribution in [0.4, 0.5) is 0 Å². The zero-order valence-corrected chi connectivity index (χ0v) is 17.4. The lowest BCUT2D eigenvalue weighted by atomic mass is 9.96. The smallest absolute Gasteiger partial charge is 0.0557 e. The molecule has 1 aliphatic rings. The summed E-state index contributed by atoms with van der Waals surface area (Å²) in [4.78, 5) is 2.65. The molecule has 0 atom stereocenters. The van der Waals surface area contributed by atoms with Gasteiger partial charge in [-0.1, -0.05) is 48.5 Å². The fraction of sp³-hybridized carbons (Fsp3) is 0.391. The minimum atomic E-state index is 0.888. The average Bonchev–Trinajstić information content (AvgIpc) is 2.69. The topological polar surface area (TPSA) is 12.5 Å². The van der Waals surface area contributed by atoms with Crippen molar-refractivity contribution in [3.8, 4) is 0 Å². The van der Waals surface area contributed by atoms with Gasteiger partial charge in [-0.2, -0.15) is 23.5 Å². The van der Waals surface area contributed by atoms with Crippen molar-refractivity contribution in [3.63, 3.8) is 0 Å². The molecule has 142 valence electrons. The Morgan fingerprint density at radius 1 is 0.741 bits per heavy atom. The molecule has 2 nitrogen and oxygen atoms in total. The van der Waals surface area contributed by atoms with Crippen LogP contribution in [0.1, 0.15) is 5.56 Å². The first kappa shape index (κ1) is 19.1. The summed E-state index contributed by atoms with van der Waals surface area (Å²) in [5, 5.41) is 5.50. The second kappa shape index (κ2) is 9.83. The molecule has 0 unspecified atom stereocenters. The van der Waals surface area contributed by atoms with E-state index in [-0.39, 0.29) is 0 Å². The maximum absolute atomic E-state index is 5.67. The van der Waals surface area contributed by atoms with E-state index in [2.05, 4.69) is 59.5 Å². The Balaban J connectivity index is 1.62. The van der Waals surface area contributed by atoms with Crippen molar-refractivity contribution in [3.05, 3.63) is 60.2 Å². The predicted molar refractivity (Wildman–Crippen MR) is 122 cm³/mol. The first-order chi connectivity index (χ1) is 13.4. The van der Waals surface area contributed by atoms with E-state index in [1.165, 1.54) is 38.6 Å². The second-order valence-electron chi connectivity index (χ2n) is 6.91. The number of benzene rings is 3. The minimum Gasteiger partial charge on any atom is -0.380 e. The Morgan fingerprint density at radius 3 is 1.89 bits per heavy atom. The lowest BCUT2D eigenvalue weighted by Crippen LogP contribution is -2.29. The molecule has 27 heavy (non-hydrogen) atoms. The second-order valence-corrected chi connectivity index (χ2v) is 9.36. The van der Waals surface area contributed by atoms with Crippen LogP contribution in [0.3, 0.4) is 0 Å². The third-order valence-corrected chi connectivity index (χ3v) is 6.97. The van der Waals surface area contributed by atoms with E-state index in [9.17, 15) is 0 Å². The summed E-state index contributed by atoms with van der Waals surface area (Å²) in [7, 11) is 0. The Hall–Kier alpha value is -1.20. The van der Waals surface area contributed by atoms with Crippen molar-refractivity contribution < 1.29 is 4.74 Å². The Bertz CT molecular complexity index is 817. The van der Waals surface area contributed by atoms with Crippen molar-refractivity contribution >= 4 is 45.1 Å². The number of hydrogen-bond donors (Lipinski definition) is 0. The number of ether oxygens (including phenoxy) is 1. The molecule has 0 aromatic heterocycles. The molecular weight excluding hydrogens is 370 g/mol. The highest BCUT2D eigenvalue weighted by molar-refractivity contribution is 7.99. The summed E-state index contributed by atoms with van der Waals surface area (Å²) in [6, 6.07) is 20.0. The first-order valence-electron chi connectivity index (χ1n) is 9.77.